The van der Waals surface area contributed by atoms with Gasteiger partial charge in [-0.3, -0.25) is 0 Å². The first-order chi connectivity index (χ1) is 8.13. The Morgan fingerprint density at radius 2 is 2.35 bits per heavy atom. The fraction of sp³-hybridized carbons (Fsp3) is 0.818. The van der Waals surface area contributed by atoms with Gasteiger partial charge in [0.15, 0.2) is 0 Å². The lowest BCUT2D eigenvalue weighted by Crippen LogP contribution is -2.36. The van der Waals surface area contributed by atoms with Gasteiger partial charge in [-0.15, -0.1) is 0 Å². The molecule has 1 aromatic rings. The van der Waals surface area contributed by atoms with Crippen molar-refractivity contribution in [3.63, 3.8) is 0 Å². The molecule has 0 aliphatic carbocycles. The molecule has 1 atom stereocenters. The Hall–Kier alpha value is -0.590. The second-order valence-electron chi connectivity index (χ2n) is 4.55. The maximum Gasteiger partial charge on any atom is 0.246 e. The minimum absolute atomic E-state index is 0.0244. The van der Waals surface area contributed by atoms with Crippen LogP contribution in [0.3, 0.4) is 0 Å². The molecule has 1 N–H and O–H groups in total. The van der Waals surface area contributed by atoms with Gasteiger partial charge in [-0.25, -0.2) is 0 Å². The number of nitrogens with one attached hydrogen (secondary N) is 1. The predicted octanol–water partition coefficient (Wildman–Crippen LogP) is 1.72. The summed E-state index contributed by atoms with van der Waals surface area (Å²) >= 11 is 1.86. The van der Waals surface area contributed by atoms with Crippen LogP contribution in [-0.4, -0.2) is 34.8 Å². The second-order valence-corrected chi connectivity index (χ2v) is 5.70. The van der Waals surface area contributed by atoms with Gasteiger partial charge in [0.1, 0.15) is 6.10 Å². The van der Waals surface area contributed by atoms with Crippen LogP contribution in [-0.2, 0) is 10.3 Å². The molecule has 0 amide bonds. The van der Waals surface area contributed by atoms with Crippen LogP contribution in [0.25, 0.3) is 0 Å². The largest absolute Gasteiger partial charge is 0.368 e. The first-order valence-electron chi connectivity index (χ1n) is 5.92. The molecule has 0 bridgehead atoms. The highest BCUT2D eigenvalue weighted by atomic mass is 32.2. The van der Waals surface area contributed by atoms with Gasteiger partial charge in [0.2, 0.25) is 11.7 Å². The maximum absolute atomic E-state index is 5.62. The van der Waals surface area contributed by atoms with Gasteiger partial charge in [-0.05, 0) is 20.4 Å². The molecule has 1 aromatic heterocycles. The second kappa shape index (κ2) is 5.37. The molecule has 5 nitrogen and oxygen atoms in total. The molecule has 1 unspecified atom stereocenters. The van der Waals surface area contributed by atoms with E-state index < -0.39 is 0 Å². The number of aromatic nitrogens is 2. The van der Waals surface area contributed by atoms with Crippen LogP contribution < -0.4 is 5.32 Å². The minimum atomic E-state index is -0.290. The van der Waals surface area contributed by atoms with Crippen LogP contribution in [0.2, 0.25) is 0 Å². The van der Waals surface area contributed by atoms with Crippen LogP contribution in [0.1, 0.15) is 38.6 Å². The zero-order valence-electron chi connectivity index (χ0n) is 10.5. The zero-order chi connectivity index (χ0) is 12.3. The van der Waals surface area contributed by atoms with E-state index in [-0.39, 0.29) is 11.6 Å². The third kappa shape index (κ3) is 3.00. The lowest BCUT2D eigenvalue weighted by atomic mass is 10.1. The van der Waals surface area contributed by atoms with E-state index in [4.69, 9.17) is 9.26 Å². The van der Waals surface area contributed by atoms with Gasteiger partial charge < -0.3 is 14.6 Å². The number of nitrogens with zero attached hydrogens (tertiary/aromatic N) is 2. The molecule has 2 rings (SSSR count). The average Bonchev–Trinajstić information content (AvgIpc) is 2.80. The number of hydrogen-bond acceptors (Lipinski definition) is 6. The molecule has 96 valence electrons. The Kier molecular flexibility index (Phi) is 4.06. The molecule has 6 heteroatoms. The van der Waals surface area contributed by atoms with E-state index in [9.17, 15) is 0 Å². The Bertz CT molecular complexity index is 361. The Balaban J connectivity index is 2.09. The molecule has 2 heterocycles. The summed E-state index contributed by atoms with van der Waals surface area (Å²) in [4.78, 5) is 4.45. The molecule has 1 saturated heterocycles. The highest BCUT2D eigenvalue weighted by molar-refractivity contribution is 7.99. The van der Waals surface area contributed by atoms with Gasteiger partial charge in [-0.1, -0.05) is 12.1 Å². The summed E-state index contributed by atoms with van der Waals surface area (Å²) in [5.74, 6) is 3.23. The number of rotatable bonds is 4. The van der Waals surface area contributed by atoms with E-state index in [1.54, 1.807) is 0 Å². The van der Waals surface area contributed by atoms with Crippen LogP contribution in [0, 0.1) is 0 Å². The Labute approximate surface area is 106 Å². The zero-order valence-corrected chi connectivity index (χ0v) is 11.3. The van der Waals surface area contributed by atoms with Crippen molar-refractivity contribution in [3.05, 3.63) is 11.7 Å². The normalized spacial score (nSPS) is 21.7. The van der Waals surface area contributed by atoms with Crippen molar-refractivity contribution in [1.29, 1.82) is 0 Å². The topological polar surface area (TPSA) is 60.2 Å². The van der Waals surface area contributed by atoms with Crippen molar-refractivity contribution in [2.75, 3.05) is 24.7 Å². The van der Waals surface area contributed by atoms with Crippen molar-refractivity contribution in [2.45, 2.75) is 32.4 Å². The van der Waals surface area contributed by atoms with Gasteiger partial charge >= 0.3 is 0 Å². The number of hydrogen-bond donors (Lipinski definition) is 1. The standard InChI is InChI=1S/C11H19N3O2S/c1-4-12-11(2,3)10-13-9(14-16-10)8-7-17-6-5-15-8/h8,12H,4-7H2,1-3H3. The summed E-state index contributed by atoms with van der Waals surface area (Å²) in [5, 5.41) is 7.34. The maximum atomic E-state index is 5.62. The highest BCUT2D eigenvalue weighted by Crippen LogP contribution is 2.26. The lowest BCUT2D eigenvalue weighted by molar-refractivity contribution is 0.0677. The fourth-order valence-corrected chi connectivity index (χ4v) is 2.61. The summed E-state index contributed by atoms with van der Waals surface area (Å²) in [6.45, 7) is 7.74. The van der Waals surface area contributed by atoms with Gasteiger partial charge in [0.25, 0.3) is 0 Å². The van der Waals surface area contributed by atoms with Crippen LogP contribution >= 0.6 is 11.8 Å². The summed E-state index contributed by atoms with van der Waals surface area (Å²) in [6, 6.07) is 0. The van der Waals surface area contributed by atoms with Crippen molar-refractivity contribution in [3.8, 4) is 0 Å². The van der Waals surface area contributed by atoms with Crippen molar-refractivity contribution < 1.29 is 9.26 Å². The minimum Gasteiger partial charge on any atom is -0.368 e. The SMILES string of the molecule is CCNC(C)(C)c1nc(C2CSCCO2)no1. The van der Waals surface area contributed by atoms with E-state index in [2.05, 4.69) is 22.4 Å². The summed E-state index contributed by atoms with van der Waals surface area (Å²) < 4.78 is 10.9. The van der Waals surface area contributed by atoms with Gasteiger partial charge in [0, 0.05) is 11.5 Å². The first kappa shape index (κ1) is 12.9. The molecular formula is C11H19N3O2S. The molecule has 17 heavy (non-hydrogen) atoms. The molecule has 0 spiro atoms. The third-order valence-corrected chi connectivity index (χ3v) is 3.69. The van der Waals surface area contributed by atoms with Crippen molar-refractivity contribution in [1.82, 2.24) is 15.5 Å². The summed E-state index contributed by atoms with van der Waals surface area (Å²) in [7, 11) is 0. The van der Waals surface area contributed by atoms with Crippen LogP contribution in [0.15, 0.2) is 4.52 Å². The number of thioether (sulfide) groups is 1. The fourth-order valence-electron chi connectivity index (χ4n) is 1.77. The predicted molar refractivity (Wildman–Crippen MR) is 67.0 cm³/mol. The van der Waals surface area contributed by atoms with E-state index in [0.29, 0.717) is 11.7 Å². The monoisotopic (exact) mass is 257 g/mol. The van der Waals surface area contributed by atoms with Crippen LogP contribution in [0.5, 0.6) is 0 Å². The summed E-state index contributed by atoms with van der Waals surface area (Å²) in [5.41, 5.74) is -0.290. The first-order valence-corrected chi connectivity index (χ1v) is 7.07. The smallest absolute Gasteiger partial charge is 0.246 e. The van der Waals surface area contributed by atoms with Gasteiger partial charge in [-0.2, -0.15) is 16.7 Å². The molecular weight excluding hydrogens is 238 g/mol. The van der Waals surface area contributed by atoms with Crippen molar-refractivity contribution in [2.24, 2.45) is 0 Å². The average molecular weight is 257 g/mol. The van der Waals surface area contributed by atoms with Crippen LogP contribution in [0.4, 0.5) is 0 Å². The molecule has 0 radical (unpaired) electrons. The summed E-state index contributed by atoms with van der Waals surface area (Å²) in [6.07, 6.45) is -0.0244. The number of ether oxygens (including phenoxy) is 1. The molecule has 1 fully saturated rings. The molecule has 0 aromatic carbocycles. The lowest BCUT2D eigenvalue weighted by Gasteiger charge is -2.21. The third-order valence-electron chi connectivity index (χ3n) is 2.70. The van der Waals surface area contributed by atoms with E-state index >= 15 is 0 Å². The van der Waals surface area contributed by atoms with Crippen molar-refractivity contribution >= 4 is 11.8 Å². The Morgan fingerprint density at radius 3 is 3.00 bits per heavy atom. The Morgan fingerprint density at radius 1 is 1.53 bits per heavy atom. The quantitative estimate of drug-likeness (QED) is 0.886. The van der Waals surface area contributed by atoms with E-state index in [0.717, 1.165) is 24.7 Å². The highest BCUT2D eigenvalue weighted by Gasteiger charge is 2.29. The molecule has 1 aliphatic heterocycles. The van der Waals surface area contributed by atoms with E-state index in [1.165, 1.54) is 0 Å². The molecule has 1 aliphatic rings. The van der Waals surface area contributed by atoms with E-state index in [1.807, 2.05) is 25.6 Å². The van der Waals surface area contributed by atoms with Gasteiger partial charge in [0.05, 0.1) is 12.1 Å². The molecule has 0 saturated carbocycles.